The number of aliphatic carboxylic acids is 2. The summed E-state index contributed by atoms with van der Waals surface area (Å²) >= 11 is 0. The molecule has 0 saturated heterocycles. The Balaban J connectivity index is 2.09. The number of esters is 1. The molecule has 0 aromatic heterocycles. The van der Waals surface area contributed by atoms with Crippen molar-refractivity contribution in [2.75, 3.05) is 7.11 Å². The lowest BCUT2D eigenvalue weighted by Gasteiger charge is -2.25. The molecule has 5 N–H and O–H groups in total. The number of carboxylic acid groups (broad SMARTS) is 2. The molecule has 14 heteroatoms. The Kier molecular flexibility index (Phi) is 14.1. The van der Waals surface area contributed by atoms with Crippen LogP contribution in [0.1, 0.15) is 85.9 Å². The first-order valence-electron chi connectivity index (χ1n) is 14.5. The molecule has 1 aliphatic rings. The van der Waals surface area contributed by atoms with Gasteiger partial charge in [0, 0.05) is 36.0 Å². The molecule has 3 amide bonds. The van der Waals surface area contributed by atoms with Gasteiger partial charge in [-0.05, 0) is 44.1 Å². The van der Waals surface area contributed by atoms with Crippen LogP contribution in [-0.4, -0.2) is 82.6 Å². The molecule has 0 heterocycles. The quantitative estimate of drug-likeness (QED) is 0.147. The van der Waals surface area contributed by atoms with Crippen molar-refractivity contribution in [3.8, 4) is 0 Å². The number of methoxy groups -OCH3 is 1. The number of nitrogens with one attached hydrogen (secondary N) is 3. The Morgan fingerprint density at radius 1 is 0.778 bits per heavy atom. The van der Waals surface area contributed by atoms with E-state index in [2.05, 4.69) is 16.0 Å². The highest BCUT2D eigenvalue weighted by molar-refractivity contribution is 6.24. The van der Waals surface area contributed by atoms with Gasteiger partial charge in [0.1, 0.15) is 18.1 Å². The van der Waals surface area contributed by atoms with Gasteiger partial charge in [-0.15, -0.1) is 0 Å². The van der Waals surface area contributed by atoms with Crippen molar-refractivity contribution in [2.45, 2.75) is 83.3 Å². The molecule has 2 rings (SSSR count). The van der Waals surface area contributed by atoms with E-state index >= 15 is 0 Å². The monoisotopic (exact) mass is 629 g/mol. The Morgan fingerprint density at radius 3 is 1.84 bits per heavy atom. The first-order valence-corrected chi connectivity index (χ1v) is 14.5. The molecule has 14 nitrogen and oxygen atoms in total. The zero-order valence-electron chi connectivity index (χ0n) is 25.4. The van der Waals surface area contributed by atoms with Crippen LogP contribution in [0.3, 0.4) is 0 Å². The van der Waals surface area contributed by atoms with Gasteiger partial charge in [-0.3, -0.25) is 33.6 Å². The van der Waals surface area contributed by atoms with E-state index in [0.29, 0.717) is 5.56 Å². The van der Waals surface area contributed by atoms with Crippen LogP contribution in [-0.2, 0) is 33.5 Å². The van der Waals surface area contributed by atoms with Crippen molar-refractivity contribution in [2.24, 2.45) is 5.92 Å². The molecule has 1 aliphatic carbocycles. The second-order valence-corrected chi connectivity index (χ2v) is 11.0. The van der Waals surface area contributed by atoms with Crippen LogP contribution in [0, 0.1) is 5.92 Å². The Labute approximate surface area is 260 Å². The van der Waals surface area contributed by atoms with Crippen molar-refractivity contribution < 1.29 is 53.3 Å². The smallest absolute Gasteiger partial charge is 0.328 e. The Morgan fingerprint density at radius 2 is 1.31 bits per heavy atom. The van der Waals surface area contributed by atoms with Crippen LogP contribution >= 0.6 is 0 Å². The third kappa shape index (κ3) is 11.6. The van der Waals surface area contributed by atoms with E-state index in [1.165, 1.54) is 6.08 Å². The maximum Gasteiger partial charge on any atom is 0.328 e. The summed E-state index contributed by atoms with van der Waals surface area (Å²) in [6.07, 6.45) is -0.200. The normalized spacial score (nSPS) is 14.4. The maximum absolute atomic E-state index is 13.2. The van der Waals surface area contributed by atoms with Gasteiger partial charge < -0.3 is 30.9 Å². The summed E-state index contributed by atoms with van der Waals surface area (Å²) in [7, 11) is 1.14. The minimum absolute atomic E-state index is 0.0269. The summed E-state index contributed by atoms with van der Waals surface area (Å²) < 4.78 is 4.73. The highest BCUT2D eigenvalue weighted by Gasteiger charge is 2.31. The van der Waals surface area contributed by atoms with Crippen molar-refractivity contribution in [3.63, 3.8) is 0 Å². The molecule has 0 radical (unpaired) electrons. The van der Waals surface area contributed by atoms with Crippen molar-refractivity contribution in [1.82, 2.24) is 16.0 Å². The molecule has 244 valence electrons. The van der Waals surface area contributed by atoms with E-state index in [0.717, 1.165) is 7.11 Å². The van der Waals surface area contributed by atoms with Gasteiger partial charge in [0.15, 0.2) is 11.6 Å². The van der Waals surface area contributed by atoms with Gasteiger partial charge in [0.05, 0.1) is 7.11 Å². The largest absolute Gasteiger partial charge is 0.481 e. The number of fused-ring (bicyclic) bond motifs is 1. The number of Topliss-reactive ketones (excluding diaryl/α,β-unsaturated/α-hetero) is 1. The first kappa shape index (κ1) is 36.3. The lowest BCUT2D eigenvalue weighted by molar-refractivity contribution is -0.146. The number of rotatable bonds is 18. The van der Waals surface area contributed by atoms with Gasteiger partial charge in [0.2, 0.25) is 17.7 Å². The molecule has 1 aromatic rings. The van der Waals surface area contributed by atoms with Crippen LogP contribution in [0.25, 0.3) is 0 Å². The predicted molar refractivity (Wildman–Crippen MR) is 158 cm³/mol. The maximum atomic E-state index is 13.2. The number of hydrogen-bond acceptors (Lipinski definition) is 9. The highest BCUT2D eigenvalue weighted by atomic mass is 16.5. The van der Waals surface area contributed by atoms with Crippen LogP contribution < -0.4 is 16.0 Å². The van der Waals surface area contributed by atoms with Crippen molar-refractivity contribution in [1.29, 1.82) is 0 Å². The van der Waals surface area contributed by atoms with Gasteiger partial charge in [-0.25, -0.2) is 4.79 Å². The summed E-state index contributed by atoms with van der Waals surface area (Å²) in [5, 5.41) is 25.6. The summed E-state index contributed by atoms with van der Waals surface area (Å²) in [6, 6.07) is 2.50. The van der Waals surface area contributed by atoms with Crippen LogP contribution in [0.4, 0.5) is 0 Å². The number of carboxylic acids is 2. The van der Waals surface area contributed by atoms with Crippen LogP contribution in [0.5, 0.6) is 0 Å². The fourth-order valence-corrected chi connectivity index (χ4v) is 4.71. The van der Waals surface area contributed by atoms with E-state index in [1.807, 2.05) is 13.8 Å². The van der Waals surface area contributed by atoms with Gasteiger partial charge >= 0.3 is 17.9 Å². The SMILES string of the molecule is COC(=O)[C@H](CC(C)C)NC(=O)[C@H](CCC(=O)O)NC(=O)[C@H](CCC(=O)O)NC(=O)CCCC1=CC(=O)c2ccccc2C1=O. The lowest BCUT2D eigenvalue weighted by Crippen LogP contribution is -2.56. The molecular weight excluding hydrogens is 590 g/mol. The summed E-state index contributed by atoms with van der Waals surface area (Å²) in [5.41, 5.74) is 0.812. The predicted octanol–water partition coefficient (Wildman–Crippen LogP) is 1.57. The Bertz CT molecular complexity index is 1350. The molecule has 0 aliphatic heterocycles. The second-order valence-electron chi connectivity index (χ2n) is 11.0. The fraction of sp³-hybridized carbons (Fsp3) is 0.484. The standard InChI is InChI=1S/C31H39N3O11/c1-17(2)15-23(31(44)45-3)34-30(43)22(12-14-27(39)40)33-29(42)21(11-13-26(37)38)32-25(36)10-6-7-18-16-24(35)19-8-4-5-9-20(19)28(18)41/h4-5,8-9,16-17,21-23H,6-7,10-15H2,1-3H3,(H,32,36)(H,33,42)(H,34,43)(H,37,38)(H,39,40)/t21-,22-,23-/m0/s1. The number of ketones is 2. The minimum Gasteiger partial charge on any atom is -0.481 e. The molecule has 0 unspecified atom stereocenters. The molecule has 0 bridgehead atoms. The summed E-state index contributed by atoms with van der Waals surface area (Å²) in [5.74, 6) is -6.33. The number of allylic oxidation sites excluding steroid dienone is 2. The molecular formula is C31H39N3O11. The van der Waals surface area contributed by atoms with Crippen molar-refractivity contribution >= 4 is 47.2 Å². The van der Waals surface area contributed by atoms with E-state index in [-0.39, 0.29) is 67.1 Å². The van der Waals surface area contributed by atoms with Gasteiger partial charge in [-0.2, -0.15) is 0 Å². The number of carbonyl (C=O) groups is 8. The number of ether oxygens (including phenoxy) is 1. The Hall–Kier alpha value is -4.88. The molecule has 0 spiro atoms. The second kappa shape index (κ2) is 17.4. The molecule has 0 fully saturated rings. The van der Waals surface area contributed by atoms with Crippen LogP contribution in [0.2, 0.25) is 0 Å². The molecule has 0 saturated carbocycles. The molecule has 1 aromatic carbocycles. The number of amides is 3. The fourth-order valence-electron chi connectivity index (χ4n) is 4.71. The third-order valence-electron chi connectivity index (χ3n) is 6.97. The average Bonchev–Trinajstić information content (AvgIpc) is 2.98. The number of hydrogen-bond donors (Lipinski definition) is 5. The first-order chi connectivity index (χ1) is 21.2. The number of carbonyl (C=O) groups excluding carboxylic acids is 6. The van der Waals surface area contributed by atoms with Gasteiger partial charge in [0.25, 0.3) is 0 Å². The summed E-state index contributed by atoms with van der Waals surface area (Å²) in [6.45, 7) is 3.62. The summed E-state index contributed by atoms with van der Waals surface area (Å²) in [4.78, 5) is 98.8. The van der Waals surface area contributed by atoms with Crippen LogP contribution in [0.15, 0.2) is 35.9 Å². The third-order valence-corrected chi connectivity index (χ3v) is 6.97. The zero-order chi connectivity index (χ0) is 33.7. The van der Waals surface area contributed by atoms with Crippen molar-refractivity contribution in [3.05, 3.63) is 47.0 Å². The van der Waals surface area contributed by atoms with E-state index < -0.39 is 66.6 Å². The van der Waals surface area contributed by atoms with E-state index in [4.69, 9.17) is 14.9 Å². The van der Waals surface area contributed by atoms with E-state index in [1.54, 1.807) is 24.3 Å². The zero-order valence-corrected chi connectivity index (χ0v) is 25.4. The number of benzene rings is 1. The van der Waals surface area contributed by atoms with Gasteiger partial charge in [-0.1, -0.05) is 38.1 Å². The molecule has 3 atom stereocenters. The minimum atomic E-state index is -1.43. The molecule has 45 heavy (non-hydrogen) atoms. The average molecular weight is 630 g/mol. The topological polar surface area (TPSA) is 222 Å². The highest BCUT2D eigenvalue weighted by Crippen LogP contribution is 2.24. The van der Waals surface area contributed by atoms with E-state index in [9.17, 15) is 38.4 Å². The lowest BCUT2D eigenvalue weighted by atomic mass is 9.87.